The zero-order valence-electron chi connectivity index (χ0n) is 10.1. The minimum absolute atomic E-state index is 0.0654. The molecule has 2 heterocycles. The number of nitrogen functional groups attached to an aromatic ring is 1. The van der Waals surface area contributed by atoms with Gasteiger partial charge in [-0.3, -0.25) is 0 Å². The average molecular weight is 259 g/mol. The number of hydrogen-bond donors (Lipinski definition) is 1. The fourth-order valence-corrected chi connectivity index (χ4v) is 1.73. The summed E-state index contributed by atoms with van der Waals surface area (Å²) in [4.78, 5) is 4.12. The number of furan rings is 1. The molecule has 3 rings (SSSR count). The molecule has 3 aromatic rings. The molecular weight excluding hydrogens is 249 g/mol. The molecule has 0 spiro atoms. The number of rotatable bonds is 2. The van der Waals surface area contributed by atoms with Crippen molar-refractivity contribution in [1.29, 1.82) is 0 Å². The predicted molar refractivity (Wildman–Crippen MR) is 66.5 cm³/mol. The van der Waals surface area contributed by atoms with Gasteiger partial charge in [-0.1, -0.05) is 5.16 Å². The number of hydrogen-bond acceptors (Lipinski definition) is 5. The highest BCUT2D eigenvalue weighted by molar-refractivity contribution is 5.62. The molecule has 0 aliphatic rings. The van der Waals surface area contributed by atoms with E-state index in [1.54, 1.807) is 6.07 Å². The van der Waals surface area contributed by atoms with E-state index in [1.165, 1.54) is 24.5 Å². The molecule has 0 saturated heterocycles. The van der Waals surface area contributed by atoms with Crippen molar-refractivity contribution in [3.63, 3.8) is 0 Å². The molecule has 2 aromatic heterocycles. The first kappa shape index (κ1) is 11.5. The fourth-order valence-electron chi connectivity index (χ4n) is 1.73. The Kier molecular flexibility index (Phi) is 2.56. The summed E-state index contributed by atoms with van der Waals surface area (Å²) in [5, 5.41) is 3.78. The molecule has 0 bridgehead atoms. The lowest BCUT2D eigenvalue weighted by molar-refractivity contribution is 0.427. The van der Waals surface area contributed by atoms with Gasteiger partial charge in [0, 0.05) is 5.69 Å². The van der Waals surface area contributed by atoms with E-state index in [0.29, 0.717) is 11.4 Å². The fraction of sp³-hybridized carbons (Fsp3) is 0.0769. The Balaban J connectivity index is 2.06. The molecule has 0 unspecified atom stereocenters. The van der Waals surface area contributed by atoms with Crippen LogP contribution in [0.25, 0.3) is 23.0 Å². The van der Waals surface area contributed by atoms with Crippen molar-refractivity contribution in [2.24, 2.45) is 0 Å². The van der Waals surface area contributed by atoms with E-state index in [9.17, 15) is 4.39 Å². The normalized spacial score (nSPS) is 10.8. The van der Waals surface area contributed by atoms with E-state index in [2.05, 4.69) is 10.1 Å². The monoisotopic (exact) mass is 259 g/mol. The van der Waals surface area contributed by atoms with Gasteiger partial charge in [0.1, 0.15) is 5.82 Å². The van der Waals surface area contributed by atoms with Gasteiger partial charge in [-0.05, 0) is 36.8 Å². The van der Waals surface area contributed by atoms with Gasteiger partial charge < -0.3 is 14.7 Å². The van der Waals surface area contributed by atoms with Crippen LogP contribution >= 0.6 is 0 Å². The van der Waals surface area contributed by atoms with Crippen LogP contribution in [0.2, 0.25) is 0 Å². The highest BCUT2D eigenvalue weighted by atomic mass is 19.1. The van der Waals surface area contributed by atoms with Crippen molar-refractivity contribution in [3.8, 4) is 23.0 Å². The van der Waals surface area contributed by atoms with Gasteiger partial charge in [0.2, 0.25) is 5.82 Å². The Morgan fingerprint density at radius 3 is 2.84 bits per heavy atom. The Morgan fingerprint density at radius 1 is 1.26 bits per heavy atom. The summed E-state index contributed by atoms with van der Waals surface area (Å²) >= 11 is 0. The molecule has 0 aliphatic heterocycles. The maximum atomic E-state index is 13.7. The molecule has 6 heteroatoms. The zero-order chi connectivity index (χ0) is 13.4. The summed E-state index contributed by atoms with van der Waals surface area (Å²) in [6.07, 6.45) is 1.53. The van der Waals surface area contributed by atoms with Gasteiger partial charge >= 0.3 is 0 Å². The van der Waals surface area contributed by atoms with Crippen molar-refractivity contribution in [2.75, 3.05) is 5.73 Å². The second kappa shape index (κ2) is 4.24. The van der Waals surface area contributed by atoms with Crippen LogP contribution in [0.15, 0.2) is 39.5 Å². The van der Waals surface area contributed by atoms with Gasteiger partial charge in [-0.15, -0.1) is 0 Å². The maximum Gasteiger partial charge on any atom is 0.261 e. The zero-order valence-corrected chi connectivity index (χ0v) is 10.1. The van der Waals surface area contributed by atoms with Crippen molar-refractivity contribution in [3.05, 3.63) is 41.9 Å². The molecule has 96 valence electrons. The van der Waals surface area contributed by atoms with E-state index in [1.807, 2.05) is 6.92 Å². The third kappa shape index (κ3) is 1.97. The number of nitrogens with zero attached hydrogens (tertiary/aromatic N) is 2. The van der Waals surface area contributed by atoms with E-state index < -0.39 is 5.82 Å². The third-order valence-electron chi connectivity index (χ3n) is 2.71. The lowest BCUT2D eigenvalue weighted by atomic mass is 10.2. The second-order valence-electron chi connectivity index (χ2n) is 4.10. The first-order valence-corrected chi connectivity index (χ1v) is 5.59. The van der Waals surface area contributed by atoms with E-state index in [4.69, 9.17) is 14.7 Å². The lowest BCUT2D eigenvalue weighted by Crippen LogP contribution is -1.89. The van der Waals surface area contributed by atoms with Crippen LogP contribution in [0.5, 0.6) is 0 Å². The van der Waals surface area contributed by atoms with E-state index >= 15 is 0 Å². The van der Waals surface area contributed by atoms with Crippen molar-refractivity contribution >= 4 is 5.69 Å². The number of nitrogens with two attached hydrogens (primary N) is 1. The van der Waals surface area contributed by atoms with Gasteiger partial charge in [-0.2, -0.15) is 4.98 Å². The molecule has 5 nitrogen and oxygen atoms in total. The van der Waals surface area contributed by atoms with Crippen molar-refractivity contribution < 1.29 is 13.3 Å². The smallest absolute Gasteiger partial charge is 0.261 e. The third-order valence-corrected chi connectivity index (χ3v) is 2.71. The molecule has 0 fully saturated rings. The average Bonchev–Trinajstić information content (AvgIpc) is 3.00. The van der Waals surface area contributed by atoms with Crippen LogP contribution in [-0.2, 0) is 0 Å². The van der Waals surface area contributed by atoms with Gasteiger partial charge in [0.05, 0.1) is 11.8 Å². The first-order chi connectivity index (χ1) is 9.15. The maximum absolute atomic E-state index is 13.7. The number of aromatic nitrogens is 2. The molecule has 0 aliphatic carbocycles. The number of aryl methyl sites for hydroxylation is 1. The van der Waals surface area contributed by atoms with Crippen molar-refractivity contribution in [2.45, 2.75) is 6.92 Å². The Morgan fingerprint density at radius 2 is 2.11 bits per heavy atom. The lowest BCUT2D eigenvalue weighted by Gasteiger charge is -1.98. The number of anilines is 1. The molecule has 0 radical (unpaired) electrons. The standard InChI is InChI=1S/C13H10FN3O2/c1-7-4-5-18-11(7)12-16-13(19-17-12)9-6-8(15)2-3-10(9)14/h2-6H,15H2,1H3. The molecule has 0 atom stereocenters. The van der Waals surface area contributed by atoms with Crippen LogP contribution in [0, 0.1) is 12.7 Å². The van der Waals surface area contributed by atoms with Crippen molar-refractivity contribution in [1.82, 2.24) is 10.1 Å². The summed E-state index contributed by atoms with van der Waals surface area (Å²) in [5.74, 6) is 0.370. The largest absolute Gasteiger partial charge is 0.461 e. The molecule has 19 heavy (non-hydrogen) atoms. The Bertz CT molecular complexity index is 733. The molecule has 2 N–H and O–H groups in total. The summed E-state index contributed by atoms with van der Waals surface area (Å²) in [6.45, 7) is 1.86. The van der Waals surface area contributed by atoms with Crippen LogP contribution in [0.3, 0.4) is 0 Å². The predicted octanol–water partition coefficient (Wildman–Crippen LogP) is 3.03. The summed E-state index contributed by atoms with van der Waals surface area (Å²) in [5.41, 5.74) is 7.08. The quantitative estimate of drug-likeness (QED) is 0.715. The topological polar surface area (TPSA) is 78.1 Å². The molecular formula is C13H10FN3O2. The number of halogens is 1. The highest BCUT2D eigenvalue weighted by Crippen LogP contribution is 2.27. The van der Waals surface area contributed by atoms with Gasteiger partial charge in [0.15, 0.2) is 5.76 Å². The van der Waals surface area contributed by atoms with Crippen LogP contribution < -0.4 is 5.73 Å². The van der Waals surface area contributed by atoms with Gasteiger partial charge in [0.25, 0.3) is 5.89 Å². The van der Waals surface area contributed by atoms with E-state index in [-0.39, 0.29) is 17.3 Å². The molecule has 1 aromatic carbocycles. The minimum Gasteiger partial charge on any atom is -0.461 e. The minimum atomic E-state index is -0.472. The summed E-state index contributed by atoms with van der Waals surface area (Å²) in [7, 11) is 0. The number of benzene rings is 1. The summed E-state index contributed by atoms with van der Waals surface area (Å²) < 4.78 is 24.0. The summed E-state index contributed by atoms with van der Waals surface area (Å²) in [6, 6.07) is 5.95. The van der Waals surface area contributed by atoms with E-state index in [0.717, 1.165) is 5.56 Å². The van der Waals surface area contributed by atoms with Crippen LogP contribution in [-0.4, -0.2) is 10.1 Å². The Labute approximate surface area is 107 Å². The van der Waals surface area contributed by atoms with Crippen LogP contribution in [0.1, 0.15) is 5.56 Å². The van der Waals surface area contributed by atoms with Crippen LogP contribution in [0.4, 0.5) is 10.1 Å². The first-order valence-electron chi connectivity index (χ1n) is 5.59. The van der Waals surface area contributed by atoms with Gasteiger partial charge in [-0.25, -0.2) is 4.39 Å². The highest BCUT2D eigenvalue weighted by Gasteiger charge is 2.17. The SMILES string of the molecule is Cc1ccoc1-c1noc(-c2cc(N)ccc2F)n1. The molecule has 0 saturated carbocycles. The second-order valence-corrected chi connectivity index (χ2v) is 4.10. The Hall–Kier alpha value is -2.63. The molecule has 0 amide bonds.